The number of nitrogens with zero attached hydrogens (tertiary/aromatic N) is 2. The summed E-state index contributed by atoms with van der Waals surface area (Å²) in [6, 6.07) is 11.1. The second kappa shape index (κ2) is 7.52. The summed E-state index contributed by atoms with van der Waals surface area (Å²) < 4.78 is 5.24. The molecule has 0 saturated carbocycles. The molecule has 0 fully saturated rings. The molecule has 0 aliphatic heterocycles. The third kappa shape index (κ3) is 3.56. The minimum atomic E-state index is 0.398. The average Bonchev–Trinajstić information content (AvgIpc) is 3.11. The first kappa shape index (κ1) is 18.3. The van der Waals surface area contributed by atoms with Gasteiger partial charge in [0.25, 0.3) is 0 Å². The average molecular weight is 437 g/mol. The molecule has 0 amide bonds. The molecule has 2 aromatic carbocycles. The number of hydrogen-bond donors (Lipinski definition) is 1. The normalized spacial score (nSPS) is 11.0. The van der Waals surface area contributed by atoms with Crippen LogP contribution in [0.5, 0.6) is 5.75 Å². The molecule has 0 spiro atoms. The highest BCUT2D eigenvalue weighted by Gasteiger charge is 2.15. The monoisotopic (exact) mass is 435 g/mol. The van der Waals surface area contributed by atoms with Crippen molar-refractivity contribution >= 4 is 67.9 Å². The van der Waals surface area contributed by atoms with Gasteiger partial charge in [-0.1, -0.05) is 46.9 Å². The summed E-state index contributed by atoms with van der Waals surface area (Å²) in [5, 5.41) is 7.49. The Balaban J connectivity index is 1.82. The maximum Gasteiger partial charge on any atom is 0.143 e. The van der Waals surface area contributed by atoms with E-state index in [9.17, 15) is 0 Å². The van der Waals surface area contributed by atoms with Crippen LogP contribution in [0.25, 0.3) is 21.3 Å². The maximum absolute atomic E-state index is 6.31. The zero-order valence-corrected chi connectivity index (χ0v) is 17.0. The van der Waals surface area contributed by atoms with Crippen LogP contribution in [-0.2, 0) is 0 Å². The molecule has 136 valence electrons. The molecule has 8 heteroatoms. The molecule has 0 aliphatic carbocycles. The number of methoxy groups -OCH3 is 1. The van der Waals surface area contributed by atoms with Gasteiger partial charge in [0, 0.05) is 10.9 Å². The maximum atomic E-state index is 6.31. The minimum Gasteiger partial charge on any atom is -0.497 e. The van der Waals surface area contributed by atoms with E-state index in [1.807, 2.05) is 24.3 Å². The number of rotatable bonds is 4. The van der Waals surface area contributed by atoms with Crippen molar-refractivity contribution in [2.24, 2.45) is 0 Å². The molecule has 4 rings (SSSR count). The molecule has 4 aromatic rings. The Morgan fingerprint density at radius 3 is 2.44 bits per heavy atom. The van der Waals surface area contributed by atoms with Gasteiger partial charge in [-0.25, -0.2) is 9.97 Å². The molecule has 2 heterocycles. The van der Waals surface area contributed by atoms with Gasteiger partial charge in [-0.15, -0.1) is 11.3 Å². The summed E-state index contributed by atoms with van der Waals surface area (Å²) in [6.07, 6.45) is 1.52. The number of fused-ring (bicyclic) bond motifs is 1. The number of benzene rings is 2. The van der Waals surface area contributed by atoms with Crippen LogP contribution in [-0.4, -0.2) is 17.1 Å². The van der Waals surface area contributed by atoms with E-state index in [1.54, 1.807) is 30.6 Å². The number of halogens is 3. The predicted octanol–water partition coefficient (Wildman–Crippen LogP) is 7.07. The van der Waals surface area contributed by atoms with Crippen LogP contribution in [0.3, 0.4) is 0 Å². The van der Waals surface area contributed by atoms with E-state index < -0.39 is 0 Å². The van der Waals surface area contributed by atoms with Gasteiger partial charge in [-0.05, 0) is 29.8 Å². The van der Waals surface area contributed by atoms with E-state index in [-0.39, 0.29) is 0 Å². The number of thiophene rings is 1. The largest absolute Gasteiger partial charge is 0.497 e. The van der Waals surface area contributed by atoms with Gasteiger partial charge in [-0.2, -0.15) is 0 Å². The predicted molar refractivity (Wildman–Crippen MR) is 114 cm³/mol. The van der Waals surface area contributed by atoms with Gasteiger partial charge in [0.1, 0.15) is 22.7 Å². The summed E-state index contributed by atoms with van der Waals surface area (Å²) in [7, 11) is 1.64. The molecule has 0 radical (unpaired) electrons. The number of nitrogens with one attached hydrogen (secondary N) is 1. The zero-order valence-electron chi connectivity index (χ0n) is 14.0. The van der Waals surface area contributed by atoms with Crippen LogP contribution in [0.4, 0.5) is 11.5 Å². The first-order chi connectivity index (χ1) is 13.1. The zero-order chi connectivity index (χ0) is 19.0. The molecule has 27 heavy (non-hydrogen) atoms. The summed E-state index contributed by atoms with van der Waals surface area (Å²) in [5.41, 5.74) is 2.69. The fraction of sp³-hybridized carbons (Fsp3) is 0.0526. The van der Waals surface area contributed by atoms with Gasteiger partial charge in [-0.3, -0.25) is 0 Å². The lowest BCUT2D eigenvalue weighted by Crippen LogP contribution is -1.96. The Labute approximate surface area is 174 Å². The smallest absolute Gasteiger partial charge is 0.143 e. The summed E-state index contributed by atoms with van der Waals surface area (Å²) >= 11 is 20.0. The van der Waals surface area contributed by atoms with Gasteiger partial charge in [0.05, 0.1) is 33.3 Å². The van der Waals surface area contributed by atoms with Gasteiger partial charge in [0.15, 0.2) is 0 Å². The summed E-state index contributed by atoms with van der Waals surface area (Å²) in [4.78, 5) is 9.66. The van der Waals surface area contributed by atoms with Crippen molar-refractivity contribution in [1.29, 1.82) is 0 Å². The topological polar surface area (TPSA) is 47.0 Å². The third-order valence-electron chi connectivity index (χ3n) is 4.03. The van der Waals surface area contributed by atoms with E-state index >= 15 is 0 Å². The molecular weight excluding hydrogens is 425 g/mol. The number of aromatic nitrogens is 2. The third-order valence-corrected chi connectivity index (χ3v) is 5.96. The number of anilines is 2. The Hall–Kier alpha value is -2.05. The van der Waals surface area contributed by atoms with Gasteiger partial charge >= 0.3 is 0 Å². The van der Waals surface area contributed by atoms with Crippen LogP contribution >= 0.6 is 46.1 Å². The fourth-order valence-electron chi connectivity index (χ4n) is 2.70. The summed E-state index contributed by atoms with van der Waals surface area (Å²) in [5.74, 6) is 1.45. The fourth-order valence-corrected chi connectivity index (χ4v) is 4.21. The lowest BCUT2D eigenvalue weighted by atomic mass is 10.1. The highest BCUT2D eigenvalue weighted by Crippen LogP contribution is 2.40. The van der Waals surface area contributed by atoms with E-state index in [0.29, 0.717) is 26.6 Å². The molecule has 0 saturated heterocycles. The van der Waals surface area contributed by atoms with Crippen molar-refractivity contribution in [2.45, 2.75) is 0 Å². The highest BCUT2D eigenvalue weighted by molar-refractivity contribution is 7.17. The Bertz CT molecular complexity index is 1130. The highest BCUT2D eigenvalue weighted by atomic mass is 35.5. The van der Waals surface area contributed by atoms with E-state index in [2.05, 4.69) is 20.7 Å². The molecule has 0 aliphatic rings. The van der Waals surface area contributed by atoms with E-state index in [1.165, 1.54) is 6.33 Å². The second-order valence-electron chi connectivity index (χ2n) is 5.65. The van der Waals surface area contributed by atoms with Crippen LogP contribution in [0.1, 0.15) is 0 Å². The molecule has 4 nitrogen and oxygen atoms in total. The van der Waals surface area contributed by atoms with Crippen LogP contribution in [0.15, 0.2) is 48.1 Å². The molecule has 0 atom stereocenters. The van der Waals surface area contributed by atoms with Crippen molar-refractivity contribution in [3.63, 3.8) is 0 Å². The van der Waals surface area contributed by atoms with E-state index in [4.69, 9.17) is 39.5 Å². The van der Waals surface area contributed by atoms with Crippen molar-refractivity contribution < 1.29 is 4.74 Å². The standard InChI is InChI=1S/C19H12Cl3N3OS/c1-26-11-4-2-10(3-5-11)12-8-27-19-17(12)18(23-9-24-19)25-16-7-14(21)13(20)6-15(16)22/h2-9H,1H3,(H,23,24,25). The van der Waals surface area contributed by atoms with Crippen molar-refractivity contribution in [1.82, 2.24) is 9.97 Å². The lowest BCUT2D eigenvalue weighted by molar-refractivity contribution is 0.415. The van der Waals surface area contributed by atoms with Gasteiger partial charge < -0.3 is 10.1 Å². The number of hydrogen-bond acceptors (Lipinski definition) is 5. The Morgan fingerprint density at radius 2 is 1.70 bits per heavy atom. The number of ether oxygens (including phenoxy) is 1. The lowest BCUT2D eigenvalue weighted by Gasteiger charge is -2.11. The molecule has 0 unspecified atom stereocenters. The molecule has 2 aromatic heterocycles. The van der Waals surface area contributed by atoms with Crippen LogP contribution in [0, 0.1) is 0 Å². The quantitative estimate of drug-likeness (QED) is 0.347. The first-order valence-corrected chi connectivity index (χ1v) is 9.86. The molecular formula is C19H12Cl3N3OS. The minimum absolute atomic E-state index is 0.398. The molecule has 1 N–H and O–H groups in total. The first-order valence-electron chi connectivity index (χ1n) is 7.85. The Kier molecular flexibility index (Phi) is 5.10. The molecule has 0 bridgehead atoms. The summed E-state index contributed by atoms with van der Waals surface area (Å²) in [6.45, 7) is 0. The van der Waals surface area contributed by atoms with Crippen molar-refractivity contribution in [2.75, 3.05) is 12.4 Å². The SMILES string of the molecule is COc1ccc(-c2csc3ncnc(Nc4cc(Cl)c(Cl)cc4Cl)c23)cc1. The van der Waals surface area contributed by atoms with Crippen LogP contribution in [0.2, 0.25) is 15.1 Å². The van der Waals surface area contributed by atoms with E-state index in [0.717, 1.165) is 27.1 Å². The van der Waals surface area contributed by atoms with Crippen molar-refractivity contribution in [3.8, 4) is 16.9 Å². The van der Waals surface area contributed by atoms with Gasteiger partial charge in [0.2, 0.25) is 0 Å². The van der Waals surface area contributed by atoms with Crippen molar-refractivity contribution in [3.05, 3.63) is 63.2 Å². The van der Waals surface area contributed by atoms with Crippen LogP contribution < -0.4 is 10.1 Å². The Morgan fingerprint density at radius 1 is 0.963 bits per heavy atom. The second-order valence-corrected chi connectivity index (χ2v) is 7.73.